The molecule has 2 heterocycles. The highest BCUT2D eigenvalue weighted by Crippen LogP contribution is 2.33. The molecule has 0 fully saturated rings. The van der Waals surface area contributed by atoms with Crippen LogP contribution >= 0.6 is 0 Å². The van der Waals surface area contributed by atoms with E-state index in [2.05, 4.69) is 15.0 Å². The Morgan fingerprint density at radius 3 is 2.67 bits per heavy atom. The molecule has 0 radical (unpaired) electrons. The molecule has 2 aromatic heterocycles. The van der Waals surface area contributed by atoms with Crippen molar-refractivity contribution < 1.29 is 4.74 Å². The molecular formula is C13H12N4O. The Morgan fingerprint density at radius 2 is 1.94 bits per heavy atom. The van der Waals surface area contributed by atoms with Crippen molar-refractivity contribution in [3.63, 3.8) is 0 Å². The summed E-state index contributed by atoms with van der Waals surface area (Å²) >= 11 is 0. The Kier molecular flexibility index (Phi) is 2.37. The number of H-pyrrole nitrogens is 1. The van der Waals surface area contributed by atoms with E-state index in [0.717, 1.165) is 16.5 Å². The number of aromatic amines is 1. The first kappa shape index (κ1) is 10.6. The van der Waals surface area contributed by atoms with Gasteiger partial charge in [0.25, 0.3) is 0 Å². The van der Waals surface area contributed by atoms with E-state index in [1.807, 2.05) is 36.5 Å². The fourth-order valence-electron chi connectivity index (χ4n) is 2.01. The molecule has 1 aromatic carbocycles. The van der Waals surface area contributed by atoms with Gasteiger partial charge < -0.3 is 15.5 Å². The standard InChI is InChI=1S/C13H12N4O/c1-18-12-10-9(8-5-3-2-4-6-8)7-15-11(10)16-13(14)17-12/h2-7H,1H3,(H3,14,15,16,17). The summed E-state index contributed by atoms with van der Waals surface area (Å²) in [5.41, 5.74) is 8.39. The van der Waals surface area contributed by atoms with Crippen LogP contribution in [-0.4, -0.2) is 22.1 Å². The minimum atomic E-state index is 0.195. The van der Waals surface area contributed by atoms with Crippen LogP contribution in [-0.2, 0) is 0 Å². The summed E-state index contributed by atoms with van der Waals surface area (Å²) in [6.07, 6.45) is 1.89. The maximum atomic E-state index is 5.63. The van der Waals surface area contributed by atoms with E-state index < -0.39 is 0 Å². The summed E-state index contributed by atoms with van der Waals surface area (Å²) in [5.74, 6) is 0.679. The lowest BCUT2D eigenvalue weighted by Gasteiger charge is -2.04. The molecule has 0 spiro atoms. The largest absolute Gasteiger partial charge is 0.480 e. The topological polar surface area (TPSA) is 76.8 Å². The monoisotopic (exact) mass is 240 g/mol. The molecule has 3 N–H and O–H groups in total. The van der Waals surface area contributed by atoms with Crippen LogP contribution in [0.1, 0.15) is 0 Å². The molecule has 0 aliphatic carbocycles. The van der Waals surface area contributed by atoms with Gasteiger partial charge in [-0.2, -0.15) is 9.97 Å². The van der Waals surface area contributed by atoms with E-state index in [4.69, 9.17) is 10.5 Å². The molecule has 3 aromatic rings. The number of rotatable bonds is 2. The Bertz CT molecular complexity index is 691. The lowest BCUT2D eigenvalue weighted by atomic mass is 10.1. The second-order valence-electron chi connectivity index (χ2n) is 3.88. The van der Waals surface area contributed by atoms with Crippen molar-refractivity contribution in [2.45, 2.75) is 0 Å². The zero-order valence-electron chi connectivity index (χ0n) is 9.84. The number of nitrogens with two attached hydrogens (primary N) is 1. The van der Waals surface area contributed by atoms with Crippen molar-refractivity contribution in [2.24, 2.45) is 0 Å². The van der Waals surface area contributed by atoms with Gasteiger partial charge in [0.2, 0.25) is 11.8 Å². The van der Waals surface area contributed by atoms with Crippen LogP contribution < -0.4 is 10.5 Å². The van der Waals surface area contributed by atoms with Gasteiger partial charge in [-0.1, -0.05) is 30.3 Å². The highest BCUT2D eigenvalue weighted by molar-refractivity contribution is 5.97. The normalized spacial score (nSPS) is 10.7. The van der Waals surface area contributed by atoms with Gasteiger partial charge >= 0.3 is 0 Å². The number of methoxy groups -OCH3 is 1. The van der Waals surface area contributed by atoms with Crippen LogP contribution in [0.3, 0.4) is 0 Å². The van der Waals surface area contributed by atoms with Gasteiger partial charge in [0, 0.05) is 11.8 Å². The van der Waals surface area contributed by atoms with Crippen LogP contribution in [0.15, 0.2) is 36.5 Å². The van der Waals surface area contributed by atoms with E-state index in [-0.39, 0.29) is 5.95 Å². The minimum absolute atomic E-state index is 0.195. The zero-order valence-corrected chi connectivity index (χ0v) is 9.84. The van der Waals surface area contributed by atoms with Crippen molar-refractivity contribution in [3.8, 4) is 17.0 Å². The van der Waals surface area contributed by atoms with E-state index in [9.17, 15) is 0 Å². The first-order chi connectivity index (χ1) is 8.79. The molecule has 0 aliphatic heterocycles. The Morgan fingerprint density at radius 1 is 1.17 bits per heavy atom. The van der Waals surface area contributed by atoms with E-state index in [1.54, 1.807) is 7.11 Å². The van der Waals surface area contributed by atoms with Crippen LogP contribution in [0, 0.1) is 0 Å². The number of nitrogens with zero attached hydrogens (tertiary/aromatic N) is 2. The molecule has 5 nitrogen and oxygen atoms in total. The van der Waals surface area contributed by atoms with Crippen LogP contribution in [0.2, 0.25) is 0 Å². The zero-order chi connectivity index (χ0) is 12.5. The fraction of sp³-hybridized carbons (Fsp3) is 0.0769. The van der Waals surface area contributed by atoms with Gasteiger partial charge in [0.05, 0.1) is 12.5 Å². The quantitative estimate of drug-likeness (QED) is 0.720. The predicted octanol–water partition coefficient (Wildman–Crippen LogP) is 2.22. The molecule has 0 saturated carbocycles. The molecule has 0 saturated heterocycles. The third-order valence-corrected chi connectivity index (χ3v) is 2.79. The van der Waals surface area contributed by atoms with E-state index in [1.165, 1.54) is 0 Å². The molecule has 0 aliphatic rings. The average molecular weight is 240 g/mol. The Balaban J connectivity index is 2.32. The van der Waals surface area contributed by atoms with Gasteiger partial charge in [0.15, 0.2) is 0 Å². The van der Waals surface area contributed by atoms with Gasteiger partial charge in [-0.15, -0.1) is 0 Å². The average Bonchev–Trinajstić information content (AvgIpc) is 2.82. The van der Waals surface area contributed by atoms with Gasteiger partial charge in [-0.25, -0.2) is 0 Å². The summed E-state index contributed by atoms with van der Waals surface area (Å²) in [6, 6.07) is 10.00. The van der Waals surface area contributed by atoms with Crippen molar-refractivity contribution >= 4 is 17.0 Å². The highest BCUT2D eigenvalue weighted by Gasteiger charge is 2.14. The van der Waals surface area contributed by atoms with Gasteiger partial charge in [-0.05, 0) is 5.56 Å². The number of hydrogen-bond donors (Lipinski definition) is 2. The van der Waals surface area contributed by atoms with Crippen LogP contribution in [0.4, 0.5) is 5.95 Å². The summed E-state index contributed by atoms with van der Waals surface area (Å²) in [5, 5.41) is 0.845. The summed E-state index contributed by atoms with van der Waals surface area (Å²) in [6.45, 7) is 0. The molecule has 0 amide bonds. The fourth-order valence-corrected chi connectivity index (χ4v) is 2.01. The summed E-state index contributed by atoms with van der Waals surface area (Å²) < 4.78 is 5.28. The smallest absolute Gasteiger partial charge is 0.228 e. The number of hydrogen-bond acceptors (Lipinski definition) is 4. The van der Waals surface area contributed by atoms with Crippen molar-refractivity contribution in [3.05, 3.63) is 36.5 Å². The molecule has 0 unspecified atom stereocenters. The molecule has 18 heavy (non-hydrogen) atoms. The SMILES string of the molecule is COc1nc(N)nc2[nH]cc(-c3ccccc3)c12. The number of nitrogens with one attached hydrogen (secondary N) is 1. The van der Waals surface area contributed by atoms with Gasteiger partial charge in [-0.3, -0.25) is 0 Å². The molecule has 5 heteroatoms. The summed E-state index contributed by atoms with van der Waals surface area (Å²) in [7, 11) is 1.57. The number of ether oxygens (including phenoxy) is 1. The van der Waals surface area contributed by atoms with Crippen molar-refractivity contribution in [1.29, 1.82) is 0 Å². The lowest BCUT2D eigenvalue weighted by molar-refractivity contribution is 0.403. The minimum Gasteiger partial charge on any atom is -0.480 e. The van der Waals surface area contributed by atoms with Crippen molar-refractivity contribution in [1.82, 2.24) is 15.0 Å². The maximum Gasteiger partial charge on any atom is 0.228 e. The number of aromatic nitrogens is 3. The second kappa shape index (κ2) is 4.03. The molecule has 0 bridgehead atoms. The summed E-state index contributed by atoms with van der Waals surface area (Å²) in [4.78, 5) is 11.4. The second-order valence-corrected chi connectivity index (χ2v) is 3.88. The Labute approximate surface area is 104 Å². The molecular weight excluding hydrogens is 228 g/mol. The Hall–Kier alpha value is -2.56. The maximum absolute atomic E-state index is 5.63. The predicted molar refractivity (Wildman–Crippen MR) is 70.3 cm³/mol. The van der Waals surface area contributed by atoms with Crippen LogP contribution in [0.25, 0.3) is 22.2 Å². The van der Waals surface area contributed by atoms with Gasteiger partial charge in [0.1, 0.15) is 5.65 Å². The molecule has 3 rings (SSSR count). The first-order valence-corrected chi connectivity index (χ1v) is 5.53. The third kappa shape index (κ3) is 1.57. The highest BCUT2D eigenvalue weighted by atomic mass is 16.5. The number of benzene rings is 1. The first-order valence-electron chi connectivity index (χ1n) is 5.53. The number of fused-ring (bicyclic) bond motifs is 1. The van der Waals surface area contributed by atoms with Crippen LogP contribution in [0.5, 0.6) is 5.88 Å². The number of nitrogen functional groups attached to an aromatic ring is 1. The van der Waals surface area contributed by atoms with Crippen molar-refractivity contribution in [2.75, 3.05) is 12.8 Å². The van der Waals surface area contributed by atoms with E-state index in [0.29, 0.717) is 11.5 Å². The lowest BCUT2D eigenvalue weighted by Crippen LogP contribution is -1.98. The third-order valence-electron chi connectivity index (χ3n) is 2.79. The molecule has 0 atom stereocenters. The molecule has 90 valence electrons. The number of anilines is 1. The van der Waals surface area contributed by atoms with E-state index >= 15 is 0 Å².